The maximum Gasteiger partial charge on any atom is 0.264 e. The van der Waals surface area contributed by atoms with E-state index in [1.54, 1.807) is 19.1 Å². The Labute approximate surface area is 241 Å². The highest BCUT2D eigenvalue weighted by Gasteiger charge is 2.50. The molecule has 6 rings (SSSR count). The normalized spacial score (nSPS) is 30.8. The molecule has 13 heteroatoms. The standard InChI is InChI=1S/C29H31NO11S/c1-13-28(41-42(3,37)38)18(30-8-9-30)10-20(39-13)40-19-12-29(36,14(2)31)11-17-21(19)27(35)23-22(26(17)34)24(32)15-6-4-5-7-16(15)25(23)33/h4-7,13,18-20,28,34-36H,8-12H2,1-3H3/t13-,18-,19-,20?,28+,29-/m0/s1. The minimum Gasteiger partial charge on any atom is -0.507 e. The topological polar surface area (TPSA) is 177 Å². The lowest BCUT2D eigenvalue weighted by Crippen LogP contribution is -2.53. The van der Waals surface area contributed by atoms with Gasteiger partial charge in [0, 0.05) is 60.6 Å². The number of carbonyl (C=O) groups is 3. The van der Waals surface area contributed by atoms with Crippen LogP contribution >= 0.6 is 0 Å². The van der Waals surface area contributed by atoms with Crippen molar-refractivity contribution < 1.29 is 51.8 Å². The molecule has 42 heavy (non-hydrogen) atoms. The molecule has 0 aromatic heterocycles. The Balaban J connectivity index is 1.42. The molecule has 6 atom stereocenters. The van der Waals surface area contributed by atoms with Gasteiger partial charge in [0.15, 0.2) is 23.6 Å². The first kappa shape index (κ1) is 28.9. The van der Waals surface area contributed by atoms with E-state index in [0.29, 0.717) is 0 Å². The molecule has 4 aliphatic rings. The summed E-state index contributed by atoms with van der Waals surface area (Å²) in [5.74, 6) is -3.14. The number of phenols is 2. The summed E-state index contributed by atoms with van der Waals surface area (Å²) >= 11 is 0. The van der Waals surface area contributed by atoms with E-state index in [9.17, 15) is 38.1 Å². The summed E-state index contributed by atoms with van der Waals surface area (Å²) < 4.78 is 41.5. The zero-order chi connectivity index (χ0) is 30.3. The molecule has 0 bridgehead atoms. The van der Waals surface area contributed by atoms with Crippen LogP contribution in [-0.4, -0.2) is 95.5 Å². The van der Waals surface area contributed by atoms with Gasteiger partial charge < -0.3 is 24.8 Å². The largest absolute Gasteiger partial charge is 0.507 e. The summed E-state index contributed by atoms with van der Waals surface area (Å²) in [5, 5.41) is 34.3. The highest BCUT2D eigenvalue weighted by Crippen LogP contribution is 2.52. The Morgan fingerprint density at radius 2 is 1.67 bits per heavy atom. The van der Waals surface area contributed by atoms with Crippen LogP contribution in [0.5, 0.6) is 11.5 Å². The van der Waals surface area contributed by atoms with Crippen LogP contribution < -0.4 is 0 Å². The number of benzene rings is 2. The lowest BCUT2D eigenvalue weighted by molar-refractivity contribution is -0.250. The van der Waals surface area contributed by atoms with Crippen molar-refractivity contribution in [2.45, 2.75) is 69.4 Å². The van der Waals surface area contributed by atoms with Crippen molar-refractivity contribution in [1.82, 2.24) is 4.90 Å². The van der Waals surface area contributed by atoms with Crippen LogP contribution in [-0.2, 0) is 35.0 Å². The van der Waals surface area contributed by atoms with Crippen molar-refractivity contribution >= 4 is 27.5 Å². The van der Waals surface area contributed by atoms with Crippen LogP contribution in [0.4, 0.5) is 0 Å². The second-order valence-electron chi connectivity index (χ2n) is 11.5. The van der Waals surface area contributed by atoms with Crippen molar-refractivity contribution in [3.05, 3.63) is 57.6 Å². The second-order valence-corrected chi connectivity index (χ2v) is 13.1. The molecule has 0 amide bonds. The van der Waals surface area contributed by atoms with E-state index in [0.717, 1.165) is 19.3 Å². The summed E-state index contributed by atoms with van der Waals surface area (Å²) in [7, 11) is -3.79. The van der Waals surface area contributed by atoms with Crippen LogP contribution in [0.15, 0.2) is 24.3 Å². The van der Waals surface area contributed by atoms with Gasteiger partial charge in [0.1, 0.15) is 23.2 Å². The number of ether oxygens (including phenoxy) is 2. The SMILES string of the molecule is CC(=O)[C@]1(O)Cc2c(O)c3c(c(O)c2[C@@H](OC2C[C@H](N4CC4)[C@H](OS(C)(=O)=O)[C@H](C)O2)C1)C(=O)c1ccccc1C3=O. The fraction of sp³-hybridized carbons (Fsp3) is 0.483. The maximum absolute atomic E-state index is 13.5. The molecule has 0 spiro atoms. The molecule has 1 unspecified atom stereocenters. The van der Waals surface area contributed by atoms with Gasteiger partial charge >= 0.3 is 0 Å². The van der Waals surface area contributed by atoms with E-state index >= 15 is 0 Å². The molecule has 2 aromatic carbocycles. The van der Waals surface area contributed by atoms with Crippen molar-refractivity contribution in [3.63, 3.8) is 0 Å². The highest BCUT2D eigenvalue weighted by molar-refractivity contribution is 7.86. The van der Waals surface area contributed by atoms with E-state index in [-0.39, 0.29) is 46.7 Å². The van der Waals surface area contributed by atoms with Crippen LogP contribution in [0.25, 0.3) is 0 Å². The molecule has 2 fully saturated rings. The van der Waals surface area contributed by atoms with Gasteiger partial charge in [-0.15, -0.1) is 0 Å². The summed E-state index contributed by atoms with van der Waals surface area (Å²) in [4.78, 5) is 41.6. The minimum absolute atomic E-state index is 0.0215. The Morgan fingerprint density at radius 3 is 2.21 bits per heavy atom. The van der Waals surface area contributed by atoms with Gasteiger partial charge in [-0.2, -0.15) is 8.42 Å². The van der Waals surface area contributed by atoms with Gasteiger partial charge in [-0.1, -0.05) is 24.3 Å². The number of ketones is 3. The molecule has 2 heterocycles. The number of phenolic OH excluding ortho intramolecular Hbond substituents is 2. The van der Waals surface area contributed by atoms with E-state index in [2.05, 4.69) is 0 Å². The molecule has 0 radical (unpaired) electrons. The third-order valence-corrected chi connectivity index (χ3v) is 9.20. The summed E-state index contributed by atoms with van der Waals surface area (Å²) in [6, 6.07) is 5.67. The molecule has 2 aromatic rings. The number of aliphatic hydroxyl groups is 1. The quantitative estimate of drug-likeness (QED) is 0.210. The van der Waals surface area contributed by atoms with E-state index in [4.69, 9.17) is 13.7 Å². The molecule has 2 saturated heterocycles. The van der Waals surface area contributed by atoms with Gasteiger partial charge in [0.05, 0.1) is 29.6 Å². The first-order valence-corrected chi connectivity index (χ1v) is 15.5. The molecule has 224 valence electrons. The monoisotopic (exact) mass is 601 g/mol. The fourth-order valence-corrected chi connectivity index (χ4v) is 7.13. The third-order valence-electron chi connectivity index (χ3n) is 8.62. The van der Waals surface area contributed by atoms with Crippen molar-refractivity contribution in [2.75, 3.05) is 19.3 Å². The predicted octanol–water partition coefficient (Wildman–Crippen LogP) is 1.36. The molecular formula is C29H31NO11S. The minimum atomic E-state index is -3.79. The molecule has 3 N–H and O–H groups in total. The number of rotatable bonds is 6. The van der Waals surface area contributed by atoms with Crippen molar-refractivity contribution in [2.24, 2.45) is 0 Å². The van der Waals surface area contributed by atoms with Gasteiger partial charge in [-0.25, -0.2) is 0 Å². The number of fused-ring (bicyclic) bond motifs is 3. The fourth-order valence-electron chi connectivity index (χ4n) is 6.44. The summed E-state index contributed by atoms with van der Waals surface area (Å²) in [6.45, 7) is 4.28. The Morgan fingerprint density at radius 1 is 1.07 bits per heavy atom. The third kappa shape index (κ3) is 4.74. The smallest absolute Gasteiger partial charge is 0.264 e. The van der Waals surface area contributed by atoms with Gasteiger partial charge in [0.25, 0.3) is 10.1 Å². The Hall–Kier alpha value is -3.20. The lowest BCUT2D eigenvalue weighted by atomic mass is 9.72. The van der Waals surface area contributed by atoms with Gasteiger partial charge in [-0.05, 0) is 13.8 Å². The number of hydrogen-bond donors (Lipinski definition) is 3. The average Bonchev–Trinajstić information content (AvgIpc) is 3.75. The van der Waals surface area contributed by atoms with Crippen LogP contribution in [0.2, 0.25) is 0 Å². The number of Topliss-reactive ketones (excluding diaryl/α,β-unsaturated/α-hetero) is 1. The maximum atomic E-state index is 13.5. The lowest BCUT2D eigenvalue weighted by Gasteiger charge is -2.43. The van der Waals surface area contributed by atoms with Crippen LogP contribution in [0.1, 0.15) is 75.8 Å². The molecule has 0 saturated carbocycles. The molecule has 2 aliphatic heterocycles. The van der Waals surface area contributed by atoms with Crippen LogP contribution in [0, 0.1) is 0 Å². The zero-order valence-electron chi connectivity index (χ0n) is 23.2. The van der Waals surface area contributed by atoms with E-state index in [1.165, 1.54) is 19.1 Å². The van der Waals surface area contributed by atoms with Crippen molar-refractivity contribution in [1.29, 1.82) is 0 Å². The highest BCUT2D eigenvalue weighted by atomic mass is 32.2. The van der Waals surface area contributed by atoms with Gasteiger partial charge in [-0.3, -0.25) is 23.5 Å². The number of aromatic hydroxyl groups is 2. The van der Waals surface area contributed by atoms with Gasteiger partial charge in [0.2, 0.25) is 0 Å². The summed E-state index contributed by atoms with van der Waals surface area (Å²) in [5.41, 5.74) is -2.76. The predicted molar refractivity (Wildman–Crippen MR) is 145 cm³/mol. The Bertz CT molecular complexity index is 1630. The number of nitrogens with zero attached hydrogens (tertiary/aromatic N) is 1. The zero-order valence-corrected chi connectivity index (χ0v) is 24.0. The molecular weight excluding hydrogens is 570 g/mol. The van der Waals surface area contributed by atoms with E-state index in [1.807, 2.05) is 4.90 Å². The van der Waals surface area contributed by atoms with Crippen LogP contribution in [0.3, 0.4) is 0 Å². The molecule has 2 aliphatic carbocycles. The summed E-state index contributed by atoms with van der Waals surface area (Å²) in [6.07, 6.45) is -3.39. The first-order chi connectivity index (χ1) is 19.7. The number of hydrogen-bond acceptors (Lipinski definition) is 12. The first-order valence-electron chi connectivity index (χ1n) is 13.7. The van der Waals surface area contributed by atoms with Crippen molar-refractivity contribution in [3.8, 4) is 11.5 Å². The molecule has 12 nitrogen and oxygen atoms in total. The number of carbonyl (C=O) groups excluding carboxylic acids is 3. The Kier molecular flexibility index (Phi) is 6.83. The second kappa shape index (κ2) is 9.93. The average molecular weight is 602 g/mol. The van der Waals surface area contributed by atoms with E-state index < -0.39 is 81.2 Å².